The van der Waals surface area contributed by atoms with Crippen LogP contribution in [0.4, 0.5) is 5.69 Å². The van der Waals surface area contributed by atoms with Crippen molar-refractivity contribution >= 4 is 17.3 Å². The van der Waals surface area contributed by atoms with Gasteiger partial charge in [-0.3, -0.25) is 4.79 Å². The Morgan fingerprint density at radius 1 is 1.48 bits per heavy atom. The Bertz CT molecular complexity index is 592. The zero-order valence-electron chi connectivity index (χ0n) is 12.1. The fourth-order valence-corrected chi connectivity index (χ4v) is 2.74. The summed E-state index contributed by atoms with van der Waals surface area (Å²) in [5.41, 5.74) is 1.82. The molecule has 0 aromatic carbocycles. The number of rotatable bonds is 6. The summed E-state index contributed by atoms with van der Waals surface area (Å²) in [5.74, 6) is 0.615. The van der Waals surface area contributed by atoms with Crippen LogP contribution in [0.1, 0.15) is 25.7 Å². The number of aromatic nitrogens is 2. The number of hydrogen-bond acceptors (Lipinski definition) is 4. The molecule has 2 heterocycles. The number of nitrogens with one attached hydrogen (secondary N) is 2. The number of hydrogen-bond donors (Lipinski definition) is 2. The van der Waals surface area contributed by atoms with Crippen molar-refractivity contribution in [1.29, 1.82) is 0 Å². The molecule has 1 aliphatic carbocycles. The lowest BCUT2D eigenvalue weighted by atomic mass is 10.1. The van der Waals surface area contributed by atoms with E-state index in [1.54, 1.807) is 6.20 Å². The van der Waals surface area contributed by atoms with Crippen molar-refractivity contribution in [3.63, 3.8) is 0 Å². The molecule has 0 amide bonds. The third-order valence-electron chi connectivity index (χ3n) is 4.03. The molecule has 1 fully saturated rings. The van der Waals surface area contributed by atoms with Crippen molar-refractivity contribution in [2.75, 3.05) is 25.0 Å². The average molecular weight is 309 g/mol. The van der Waals surface area contributed by atoms with Gasteiger partial charge in [-0.25, -0.2) is 4.68 Å². The summed E-state index contributed by atoms with van der Waals surface area (Å²) in [7, 11) is 0. The Kier molecular flexibility index (Phi) is 4.60. The molecule has 2 N–H and O–H groups in total. The van der Waals surface area contributed by atoms with Crippen LogP contribution in [0.3, 0.4) is 0 Å². The lowest BCUT2D eigenvalue weighted by Gasteiger charge is -2.15. The maximum atomic E-state index is 12.4. The van der Waals surface area contributed by atoms with Gasteiger partial charge in [0.15, 0.2) is 0 Å². The first-order valence-electron chi connectivity index (χ1n) is 7.62. The van der Waals surface area contributed by atoms with Gasteiger partial charge in [0, 0.05) is 19.6 Å². The summed E-state index contributed by atoms with van der Waals surface area (Å²) in [6.07, 6.45) is 8.21. The first-order chi connectivity index (χ1) is 10.2. The highest BCUT2D eigenvalue weighted by molar-refractivity contribution is 6.32. The molecule has 1 aromatic rings. The highest BCUT2D eigenvalue weighted by atomic mass is 35.5. The number of anilines is 1. The van der Waals surface area contributed by atoms with E-state index in [9.17, 15) is 4.79 Å². The van der Waals surface area contributed by atoms with Crippen molar-refractivity contribution in [1.82, 2.24) is 15.1 Å². The molecule has 0 saturated heterocycles. The summed E-state index contributed by atoms with van der Waals surface area (Å²) in [6.45, 7) is 3.42. The summed E-state index contributed by atoms with van der Waals surface area (Å²) >= 11 is 6.11. The zero-order valence-corrected chi connectivity index (χ0v) is 12.8. The van der Waals surface area contributed by atoms with Gasteiger partial charge in [-0.1, -0.05) is 23.3 Å². The largest absolute Gasteiger partial charge is 0.379 e. The predicted molar refractivity (Wildman–Crippen MR) is 84.9 cm³/mol. The standard InChI is InChI=1S/C15H21ClN4O/c16-13-9-19-20(10-12-1-2-12)15(21)14(13)18-8-5-11-3-6-17-7-4-11/h3,9,12,17-18H,1-2,4-8,10H2. The monoisotopic (exact) mass is 308 g/mol. The summed E-state index contributed by atoms with van der Waals surface area (Å²) in [6, 6.07) is 0. The van der Waals surface area contributed by atoms with Gasteiger partial charge in [0.25, 0.3) is 5.56 Å². The van der Waals surface area contributed by atoms with Crippen LogP contribution in [0.2, 0.25) is 5.02 Å². The smallest absolute Gasteiger partial charge is 0.291 e. The lowest BCUT2D eigenvalue weighted by molar-refractivity contribution is 0.534. The molecule has 0 atom stereocenters. The molecule has 3 rings (SSSR count). The van der Waals surface area contributed by atoms with E-state index in [0.29, 0.717) is 23.2 Å². The van der Waals surface area contributed by atoms with Crippen molar-refractivity contribution in [3.05, 3.63) is 33.2 Å². The Morgan fingerprint density at radius 2 is 2.33 bits per heavy atom. The van der Waals surface area contributed by atoms with Crippen LogP contribution >= 0.6 is 11.6 Å². The molecular formula is C15H21ClN4O. The van der Waals surface area contributed by atoms with E-state index in [4.69, 9.17) is 11.6 Å². The minimum atomic E-state index is -0.103. The maximum absolute atomic E-state index is 12.4. The molecule has 0 spiro atoms. The topological polar surface area (TPSA) is 59.0 Å². The van der Waals surface area contributed by atoms with Gasteiger partial charge in [-0.15, -0.1) is 0 Å². The van der Waals surface area contributed by atoms with Crippen LogP contribution in [0.5, 0.6) is 0 Å². The van der Waals surface area contributed by atoms with E-state index in [1.807, 2.05) is 0 Å². The second kappa shape index (κ2) is 6.62. The first-order valence-corrected chi connectivity index (χ1v) is 8.00. The van der Waals surface area contributed by atoms with E-state index in [0.717, 1.165) is 32.5 Å². The Hall–Kier alpha value is -1.33. The van der Waals surface area contributed by atoms with Crippen molar-refractivity contribution in [3.8, 4) is 0 Å². The van der Waals surface area contributed by atoms with Crippen LogP contribution in [0, 0.1) is 5.92 Å². The molecule has 0 radical (unpaired) electrons. The van der Waals surface area contributed by atoms with Gasteiger partial charge in [0.1, 0.15) is 5.69 Å². The van der Waals surface area contributed by atoms with E-state index in [-0.39, 0.29) is 5.56 Å². The molecular weight excluding hydrogens is 288 g/mol. The van der Waals surface area contributed by atoms with Gasteiger partial charge in [-0.05, 0) is 38.1 Å². The number of nitrogens with zero attached hydrogens (tertiary/aromatic N) is 2. The molecule has 1 aromatic heterocycles. The minimum Gasteiger partial charge on any atom is -0.379 e. The summed E-state index contributed by atoms with van der Waals surface area (Å²) in [5, 5.41) is 11.0. The SMILES string of the molecule is O=c1c(NCCC2=CCNCC2)c(Cl)cnn1CC1CC1. The van der Waals surface area contributed by atoms with Gasteiger partial charge in [0.2, 0.25) is 0 Å². The Labute approximate surface area is 129 Å². The van der Waals surface area contributed by atoms with Gasteiger partial charge in [0.05, 0.1) is 11.2 Å². The number of halogens is 1. The van der Waals surface area contributed by atoms with Gasteiger partial charge in [-0.2, -0.15) is 5.10 Å². The fourth-order valence-electron chi connectivity index (χ4n) is 2.55. The average Bonchev–Trinajstić information content (AvgIpc) is 3.31. The Morgan fingerprint density at radius 3 is 3.05 bits per heavy atom. The molecule has 6 heteroatoms. The molecule has 0 bridgehead atoms. The van der Waals surface area contributed by atoms with Gasteiger partial charge < -0.3 is 10.6 Å². The van der Waals surface area contributed by atoms with Crippen molar-refractivity contribution < 1.29 is 0 Å². The molecule has 21 heavy (non-hydrogen) atoms. The minimum absolute atomic E-state index is 0.103. The molecule has 114 valence electrons. The predicted octanol–water partition coefficient (Wildman–Crippen LogP) is 2.03. The lowest BCUT2D eigenvalue weighted by Crippen LogP contribution is -2.27. The zero-order chi connectivity index (χ0) is 14.7. The maximum Gasteiger partial charge on any atom is 0.291 e. The molecule has 1 aliphatic heterocycles. The molecule has 2 aliphatic rings. The van der Waals surface area contributed by atoms with E-state index in [1.165, 1.54) is 23.1 Å². The van der Waals surface area contributed by atoms with Crippen molar-refractivity contribution in [2.45, 2.75) is 32.2 Å². The second-order valence-corrected chi connectivity index (χ2v) is 6.20. The Balaban J connectivity index is 1.63. The summed E-state index contributed by atoms with van der Waals surface area (Å²) in [4.78, 5) is 12.4. The van der Waals surface area contributed by atoms with E-state index in [2.05, 4.69) is 21.8 Å². The van der Waals surface area contributed by atoms with Crippen molar-refractivity contribution in [2.24, 2.45) is 5.92 Å². The summed E-state index contributed by atoms with van der Waals surface area (Å²) < 4.78 is 1.54. The van der Waals surface area contributed by atoms with Crippen LogP contribution in [0.15, 0.2) is 22.6 Å². The van der Waals surface area contributed by atoms with Crippen LogP contribution in [-0.2, 0) is 6.54 Å². The highest BCUT2D eigenvalue weighted by Gasteiger charge is 2.23. The third-order valence-corrected chi connectivity index (χ3v) is 4.32. The third kappa shape index (κ3) is 3.86. The molecule has 5 nitrogen and oxygen atoms in total. The van der Waals surface area contributed by atoms with Gasteiger partial charge >= 0.3 is 0 Å². The van der Waals surface area contributed by atoms with E-state index < -0.39 is 0 Å². The second-order valence-electron chi connectivity index (χ2n) is 5.79. The van der Waals surface area contributed by atoms with E-state index >= 15 is 0 Å². The normalized spacial score (nSPS) is 18.4. The molecule has 1 saturated carbocycles. The highest BCUT2D eigenvalue weighted by Crippen LogP contribution is 2.30. The van der Waals surface area contributed by atoms with Crippen LogP contribution < -0.4 is 16.2 Å². The van der Waals surface area contributed by atoms with Crippen LogP contribution in [-0.4, -0.2) is 29.4 Å². The first kappa shape index (κ1) is 14.6. The molecule has 0 unspecified atom stereocenters. The fraction of sp³-hybridized carbons (Fsp3) is 0.600. The quantitative estimate of drug-likeness (QED) is 0.790. The van der Waals surface area contributed by atoms with Crippen LogP contribution in [0.25, 0.3) is 0 Å².